The van der Waals surface area contributed by atoms with Crippen LogP contribution in [0.2, 0.25) is 0 Å². The van der Waals surface area contributed by atoms with Gasteiger partial charge in [0.15, 0.2) is 5.60 Å². The van der Waals surface area contributed by atoms with Crippen molar-refractivity contribution in [1.29, 1.82) is 0 Å². The first kappa shape index (κ1) is 13.2. The van der Waals surface area contributed by atoms with Crippen LogP contribution >= 0.6 is 27.7 Å². The molecule has 0 aromatic heterocycles. The van der Waals surface area contributed by atoms with E-state index in [1.807, 2.05) is 18.2 Å². The Hall–Kier alpha value is -0.810. The fraction of sp³-hybridized carbons (Fsp3) is 0.429. The van der Waals surface area contributed by atoms with Crippen molar-refractivity contribution in [1.82, 2.24) is 0 Å². The molecule has 0 saturated heterocycles. The van der Waals surface area contributed by atoms with E-state index in [1.165, 1.54) is 5.56 Å². The van der Waals surface area contributed by atoms with Gasteiger partial charge in [0, 0.05) is 12.0 Å². The molecule has 3 rings (SSSR count). The standard InChI is InChI=1S/C14H15BrN2OS/c1-9-12(14(2)8-11(15)17-18-14)19-13(16-9)10-6-4-3-5-7-10/h3-7,9,12H,8H2,1-2H3/t9?,12?,14-/m0/s1. The maximum Gasteiger partial charge on any atom is 0.155 e. The second-order valence-corrected chi connectivity index (χ2v) is 7.17. The zero-order chi connectivity index (χ0) is 13.5. The summed E-state index contributed by atoms with van der Waals surface area (Å²) >= 11 is 5.22. The van der Waals surface area contributed by atoms with E-state index in [1.54, 1.807) is 11.8 Å². The van der Waals surface area contributed by atoms with E-state index < -0.39 is 0 Å². The summed E-state index contributed by atoms with van der Waals surface area (Å²) in [6, 6.07) is 10.6. The Balaban J connectivity index is 1.79. The van der Waals surface area contributed by atoms with Crippen molar-refractivity contribution >= 4 is 37.4 Å². The minimum atomic E-state index is -0.275. The third kappa shape index (κ3) is 2.46. The fourth-order valence-corrected chi connectivity index (χ4v) is 4.52. The second-order valence-electron chi connectivity index (χ2n) is 5.13. The largest absolute Gasteiger partial charge is 0.387 e. The molecule has 0 bridgehead atoms. The highest BCUT2D eigenvalue weighted by molar-refractivity contribution is 9.18. The molecule has 0 amide bonds. The molecule has 2 aliphatic heterocycles. The van der Waals surface area contributed by atoms with Crippen LogP contribution in [0.5, 0.6) is 0 Å². The molecule has 2 aliphatic rings. The quantitative estimate of drug-likeness (QED) is 0.821. The van der Waals surface area contributed by atoms with Crippen LogP contribution in [0.15, 0.2) is 40.5 Å². The predicted octanol–water partition coefficient (Wildman–Crippen LogP) is 3.82. The molecule has 2 heterocycles. The lowest BCUT2D eigenvalue weighted by atomic mass is 9.94. The molecule has 2 unspecified atom stereocenters. The van der Waals surface area contributed by atoms with Crippen LogP contribution in [0, 0.1) is 0 Å². The van der Waals surface area contributed by atoms with E-state index in [0.717, 1.165) is 16.1 Å². The third-order valence-electron chi connectivity index (χ3n) is 3.47. The number of halogens is 1. The molecule has 0 radical (unpaired) electrons. The summed E-state index contributed by atoms with van der Waals surface area (Å²) in [5.41, 5.74) is 0.909. The first-order chi connectivity index (χ1) is 9.08. The lowest BCUT2D eigenvalue weighted by molar-refractivity contribution is -0.00727. The molecule has 0 saturated carbocycles. The minimum absolute atomic E-state index is 0.235. The number of aliphatic imine (C=N–C) groups is 1. The SMILES string of the molecule is CC1N=C(c2ccccc2)SC1[C@]1(C)CC(Br)=NO1. The highest BCUT2D eigenvalue weighted by Crippen LogP contribution is 2.43. The molecular formula is C14H15BrN2OS. The maximum atomic E-state index is 5.64. The van der Waals surface area contributed by atoms with Crippen molar-refractivity contribution in [2.45, 2.75) is 37.2 Å². The van der Waals surface area contributed by atoms with Crippen LogP contribution in [-0.4, -0.2) is 26.6 Å². The Labute approximate surface area is 125 Å². The number of benzene rings is 1. The molecular weight excluding hydrogens is 324 g/mol. The van der Waals surface area contributed by atoms with Gasteiger partial charge in [-0.05, 0) is 29.8 Å². The summed E-state index contributed by atoms with van der Waals surface area (Å²) in [5.74, 6) is 0. The van der Waals surface area contributed by atoms with Crippen molar-refractivity contribution in [2.75, 3.05) is 0 Å². The molecule has 1 aromatic rings. The average Bonchev–Trinajstić information content (AvgIpc) is 2.95. The number of oxime groups is 1. The molecule has 1 aromatic carbocycles. The summed E-state index contributed by atoms with van der Waals surface area (Å²) in [6.07, 6.45) is 0.812. The first-order valence-corrected chi connectivity index (χ1v) is 7.96. The first-order valence-electron chi connectivity index (χ1n) is 6.29. The minimum Gasteiger partial charge on any atom is -0.387 e. The maximum absolute atomic E-state index is 5.64. The number of hydrogen-bond donors (Lipinski definition) is 0. The predicted molar refractivity (Wildman–Crippen MR) is 84.3 cm³/mol. The van der Waals surface area contributed by atoms with Crippen LogP contribution in [0.1, 0.15) is 25.8 Å². The topological polar surface area (TPSA) is 34.0 Å². The lowest BCUT2D eigenvalue weighted by Gasteiger charge is -2.29. The number of thioether (sulfide) groups is 1. The molecule has 0 fully saturated rings. The van der Waals surface area contributed by atoms with Crippen LogP contribution in [-0.2, 0) is 4.84 Å². The molecule has 100 valence electrons. The zero-order valence-electron chi connectivity index (χ0n) is 10.8. The summed E-state index contributed by atoms with van der Waals surface area (Å²) < 4.78 is 0.885. The van der Waals surface area contributed by atoms with E-state index >= 15 is 0 Å². The smallest absolute Gasteiger partial charge is 0.155 e. The Morgan fingerprint density at radius 2 is 2.11 bits per heavy atom. The van der Waals surface area contributed by atoms with Gasteiger partial charge in [-0.15, -0.1) is 0 Å². The van der Waals surface area contributed by atoms with E-state index in [4.69, 9.17) is 9.83 Å². The van der Waals surface area contributed by atoms with Crippen LogP contribution < -0.4 is 0 Å². The van der Waals surface area contributed by atoms with Crippen LogP contribution in [0.4, 0.5) is 0 Å². The van der Waals surface area contributed by atoms with Crippen LogP contribution in [0.3, 0.4) is 0 Å². The normalized spacial score (nSPS) is 33.8. The van der Waals surface area contributed by atoms with Gasteiger partial charge in [-0.1, -0.05) is 47.2 Å². The highest BCUT2D eigenvalue weighted by Gasteiger charge is 2.47. The molecule has 19 heavy (non-hydrogen) atoms. The average molecular weight is 339 g/mol. The number of hydrogen-bond acceptors (Lipinski definition) is 4. The van der Waals surface area contributed by atoms with E-state index in [-0.39, 0.29) is 11.6 Å². The Morgan fingerprint density at radius 3 is 2.74 bits per heavy atom. The monoisotopic (exact) mass is 338 g/mol. The fourth-order valence-electron chi connectivity index (χ4n) is 2.52. The second kappa shape index (κ2) is 4.94. The van der Waals surface area contributed by atoms with Crippen molar-refractivity contribution in [3.05, 3.63) is 35.9 Å². The van der Waals surface area contributed by atoms with Gasteiger partial charge >= 0.3 is 0 Å². The van der Waals surface area contributed by atoms with Gasteiger partial charge in [0.1, 0.15) is 4.62 Å². The molecule has 3 atom stereocenters. The Morgan fingerprint density at radius 1 is 1.37 bits per heavy atom. The third-order valence-corrected chi connectivity index (χ3v) is 5.61. The van der Waals surface area contributed by atoms with Gasteiger partial charge in [0.2, 0.25) is 0 Å². The summed E-state index contributed by atoms with van der Waals surface area (Å²) in [4.78, 5) is 10.4. The Kier molecular flexibility index (Phi) is 3.43. The van der Waals surface area contributed by atoms with Gasteiger partial charge in [-0.25, -0.2) is 0 Å². The number of nitrogens with zero attached hydrogens (tertiary/aromatic N) is 2. The van der Waals surface area contributed by atoms with E-state index in [2.05, 4.69) is 47.1 Å². The van der Waals surface area contributed by atoms with Crippen molar-refractivity contribution in [3.63, 3.8) is 0 Å². The van der Waals surface area contributed by atoms with E-state index in [9.17, 15) is 0 Å². The summed E-state index contributed by atoms with van der Waals surface area (Å²) in [7, 11) is 0. The number of rotatable bonds is 2. The zero-order valence-corrected chi connectivity index (χ0v) is 13.2. The summed E-state index contributed by atoms with van der Waals surface area (Å²) in [5, 5.41) is 5.43. The summed E-state index contributed by atoms with van der Waals surface area (Å²) in [6.45, 7) is 4.26. The van der Waals surface area contributed by atoms with Gasteiger partial charge in [0.05, 0.1) is 16.3 Å². The molecule has 0 N–H and O–H groups in total. The van der Waals surface area contributed by atoms with E-state index in [0.29, 0.717) is 5.25 Å². The van der Waals surface area contributed by atoms with Crippen molar-refractivity contribution < 1.29 is 4.84 Å². The molecule has 0 spiro atoms. The van der Waals surface area contributed by atoms with Gasteiger partial charge in [0.25, 0.3) is 0 Å². The van der Waals surface area contributed by atoms with Crippen molar-refractivity contribution in [2.24, 2.45) is 10.1 Å². The molecule has 0 aliphatic carbocycles. The lowest BCUT2D eigenvalue weighted by Crippen LogP contribution is -2.41. The molecule has 3 nitrogen and oxygen atoms in total. The molecule has 5 heteroatoms. The van der Waals surface area contributed by atoms with Gasteiger partial charge < -0.3 is 4.84 Å². The highest BCUT2D eigenvalue weighted by atomic mass is 79.9. The Bertz CT molecular complexity index is 546. The van der Waals surface area contributed by atoms with Crippen molar-refractivity contribution in [3.8, 4) is 0 Å². The van der Waals surface area contributed by atoms with Gasteiger partial charge in [-0.2, -0.15) is 0 Å². The van der Waals surface area contributed by atoms with Crippen LogP contribution in [0.25, 0.3) is 0 Å². The van der Waals surface area contributed by atoms with Gasteiger partial charge in [-0.3, -0.25) is 4.99 Å².